The second kappa shape index (κ2) is 6.81. The summed E-state index contributed by atoms with van der Waals surface area (Å²) in [5, 5.41) is 0.587. The fourth-order valence-corrected chi connectivity index (χ4v) is 2.68. The van der Waals surface area contributed by atoms with Crippen LogP contribution in [0.1, 0.15) is 25.8 Å². The molecule has 0 spiro atoms. The lowest BCUT2D eigenvalue weighted by atomic mass is 9.97. The van der Waals surface area contributed by atoms with Crippen molar-refractivity contribution in [2.24, 2.45) is 5.92 Å². The molecule has 0 aliphatic carbocycles. The second-order valence-electron chi connectivity index (χ2n) is 5.05. The Morgan fingerprint density at radius 2 is 2.29 bits per heavy atom. The minimum absolute atomic E-state index is 0.0303. The van der Waals surface area contributed by atoms with Gasteiger partial charge in [0.15, 0.2) is 0 Å². The molecule has 1 amide bonds. The molecule has 3 nitrogen and oxygen atoms in total. The molecule has 1 aromatic rings. The lowest BCUT2D eigenvalue weighted by Crippen LogP contribution is -2.36. The third-order valence-corrected chi connectivity index (χ3v) is 3.86. The standard InChI is InChI=1S/C17H20ClNO2/c1-4-10-21-13-7-8-14(15(18)11-13)16-9-6-12(3)17(20)19(16)5-2/h4,7-9,11-12H,1,5-6,10H2,2-3H3. The highest BCUT2D eigenvalue weighted by molar-refractivity contribution is 6.32. The lowest BCUT2D eigenvalue weighted by Gasteiger charge is -2.31. The molecule has 0 radical (unpaired) electrons. The van der Waals surface area contributed by atoms with Crippen molar-refractivity contribution >= 4 is 23.2 Å². The van der Waals surface area contributed by atoms with Crippen molar-refractivity contribution in [1.29, 1.82) is 0 Å². The highest BCUT2D eigenvalue weighted by Gasteiger charge is 2.27. The topological polar surface area (TPSA) is 29.5 Å². The molecule has 4 heteroatoms. The average Bonchev–Trinajstić information content (AvgIpc) is 2.48. The summed E-state index contributed by atoms with van der Waals surface area (Å²) in [4.78, 5) is 14.1. The molecule has 1 unspecified atom stereocenters. The maximum atomic E-state index is 12.3. The first-order valence-corrected chi connectivity index (χ1v) is 7.51. The van der Waals surface area contributed by atoms with Gasteiger partial charge in [-0.1, -0.05) is 37.3 Å². The smallest absolute Gasteiger partial charge is 0.230 e. The molecule has 2 rings (SSSR count). The summed E-state index contributed by atoms with van der Waals surface area (Å²) in [6.45, 7) is 8.62. The summed E-state index contributed by atoms with van der Waals surface area (Å²) in [6, 6.07) is 5.54. The fraction of sp³-hybridized carbons (Fsp3) is 0.353. The van der Waals surface area contributed by atoms with Gasteiger partial charge >= 0.3 is 0 Å². The van der Waals surface area contributed by atoms with E-state index in [1.807, 2.05) is 26.0 Å². The van der Waals surface area contributed by atoms with Gasteiger partial charge in [-0.15, -0.1) is 0 Å². The maximum Gasteiger partial charge on any atom is 0.230 e. The van der Waals surface area contributed by atoms with Crippen LogP contribution in [0, 0.1) is 5.92 Å². The first kappa shape index (κ1) is 15.6. The van der Waals surface area contributed by atoms with E-state index in [0.717, 1.165) is 17.7 Å². The van der Waals surface area contributed by atoms with Gasteiger partial charge in [-0.25, -0.2) is 0 Å². The minimum atomic E-state index is 0.0303. The van der Waals surface area contributed by atoms with Crippen LogP contribution in [0.4, 0.5) is 0 Å². The van der Waals surface area contributed by atoms with Crippen LogP contribution < -0.4 is 4.74 Å². The summed E-state index contributed by atoms with van der Waals surface area (Å²) in [5.41, 5.74) is 1.76. The van der Waals surface area contributed by atoms with Crippen molar-refractivity contribution in [2.75, 3.05) is 13.2 Å². The SMILES string of the molecule is C=CCOc1ccc(C2=CCC(C)C(=O)N2CC)c(Cl)c1. The summed E-state index contributed by atoms with van der Waals surface area (Å²) in [7, 11) is 0. The number of rotatable bonds is 5. The largest absolute Gasteiger partial charge is 0.490 e. The maximum absolute atomic E-state index is 12.3. The number of amides is 1. The van der Waals surface area contributed by atoms with Crippen molar-refractivity contribution in [3.05, 3.63) is 47.5 Å². The number of carbonyl (C=O) groups excluding carboxylic acids is 1. The van der Waals surface area contributed by atoms with Crippen LogP contribution in [0.5, 0.6) is 5.75 Å². The van der Waals surface area contributed by atoms with Gasteiger partial charge in [0.1, 0.15) is 12.4 Å². The molecule has 1 aliphatic rings. The number of hydrogen-bond acceptors (Lipinski definition) is 2. The van der Waals surface area contributed by atoms with Gasteiger partial charge in [-0.2, -0.15) is 0 Å². The zero-order valence-corrected chi connectivity index (χ0v) is 13.2. The van der Waals surface area contributed by atoms with Gasteiger partial charge < -0.3 is 9.64 Å². The normalized spacial score (nSPS) is 18.4. The molecule has 1 heterocycles. The van der Waals surface area contributed by atoms with Gasteiger partial charge in [-0.05, 0) is 31.5 Å². The number of nitrogens with zero attached hydrogens (tertiary/aromatic N) is 1. The number of hydrogen-bond donors (Lipinski definition) is 0. The van der Waals surface area contributed by atoms with E-state index in [0.29, 0.717) is 23.9 Å². The quantitative estimate of drug-likeness (QED) is 0.765. The summed E-state index contributed by atoms with van der Waals surface area (Å²) in [5.74, 6) is 0.878. The third kappa shape index (κ3) is 3.30. The van der Waals surface area contributed by atoms with E-state index in [9.17, 15) is 4.79 Å². The molecule has 0 fully saturated rings. The summed E-state index contributed by atoms with van der Waals surface area (Å²) >= 11 is 6.36. The Labute approximate surface area is 130 Å². The number of ether oxygens (including phenoxy) is 1. The van der Waals surface area contributed by atoms with Crippen LogP contribution in [0.15, 0.2) is 36.9 Å². The van der Waals surface area contributed by atoms with E-state index in [4.69, 9.17) is 16.3 Å². The fourth-order valence-electron chi connectivity index (χ4n) is 2.41. The average molecular weight is 306 g/mol. The van der Waals surface area contributed by atoms with Crippen LogP contribution in [0.2, 0.25) is 5.02 Å². The molecular formula is C17H20ClNO2. The Balaban J connectivity index is 2.32. The van der Waals surface area contributed by atoms with E-state index in [1.165, 1.54) is 0 Å². The Bertz CT molecular complexity index is 580. The molecule has 112 valence electrons. The zero-order valence-electron chi connectivity index (χ0n) is 12.4. The predicted octanol–water partition coefficient (Wildman–Crippen LogP) is 4.13. The summed E-state index contributed by atoms with van der Waals surface area (Å²) < 4.78 is 5.47. The van der Waals surface area contributed by atoms with E-state index in [2.05, 4.69) is 12.7 Å². The Morgan fingerprint density at radius 1 is 1.52 bits per heavy atom. The molecule has 1 aromatic carbocycles. The van der Waals surface area contributed by atoms with Crippen molar-refractivity contribution < 1.29 is 9.53 Å². The van der Waals surface area contributed by atoms with Crippen LogP contribution in [0.3, 0.4) is 0 Å². The van der Waals surface area contributed by atoms with Crippen molar-refractivity contribution in [3.8, 4) is 5.75 Å². The van der Waals surface area contributed by atoms with Crippen molar-refractivity contribution in [1.82, 2.24) is 4.90 Å². The van der Waals surface area contributed by atoms with Gasteiger partial charge in [0.05, 0.1) is 5.02 Å². The van der Waals surface area contributed by atoms with Crippen LogP contribution in [0.25, 0.3) is 5.70 Å². The van der Waals surface area contributed by atoms with Gasteiger partial charge in [0, 0.05) is 23.7 Å². The van der Waals surface area contributed by atoms with Crippen LogP contribution >= 0.6 is 11.6 Å². The first-order valence-electron chi connectivity index (χ1n) is 7.13. The van der Waals surface area contributed by atoms with E-state index in [-0.39, 0.29) is 11.8 Å². The van der Waals surface area contributed by atoms with Crippen LogP contribution in [-0.2, 0) is 4.79 Å². The van der Waals surface area contributed by atoms with Crippen molar-refractivity contribution in [2.45, 2.75) is 20.3 Å². The van der Waals surface area contributed by atoms with E-state index < -0.39 is 0 Å². The number of halogens is 1. The monoisotopic (exact) mass is 305 g/mol. The summed E-state index contributed by atoms with van der Waals surface area (Å²) in [6.07, 6.45) is 4.51. The number of carbonyl (C=O) groups is 1. The molecule has 21 heavy (non-hydrogen) atoms. The lowest BCUT2D eigenvalue weighted by molar-refractivity contribution is -0.131. The molecule has 1 atom stereocenters. The Kier molecular flexibility index (Phi) is 5.07. The number of allylic oxidation sites excluding steroid dienone is 1. The molecule has 1 aliphatic heterocycles. The highest BCUT2D eigenvalue weighted by atomic mass is 35.5. The Hall–Kier alpha value is -1.74. The zero-order chi connectivity index (χ0) is 15.4. The molecular weight excluding hydrogens is 286 g/mol. The van der Waals surface area contributed by atoms with Crippen LogP contribution in [-0.4, -0.2) is 24.0 Å². The highest BCUT2D eigenvalue weighted by Crippen LogP contribution is 2.34. The van der Waals surface area contributed by atoms with Gasteiger partial charge in [0.2, 0.25) is 5.91 Å². The molecule has 0 saturated heterocycles. The molecule has 0 aromatic heterocycles. The predicted molar refractivity (Wildman–Crippen MR) is 86.3 cm³/mol. The Morgan fingerprint density at radius 3 is 2.90 bits per heavy atom. The molecule has 0 bridgehead atoms. The van der Waals surface area contributed by atoms with Gasteiger partial charge in [-0.3, -0.25) is 4.79 Å². The third-order valence-electron chi connectivity index (χ3n) is 3.54. The minimum Gasteiger partial charge on any atom is -0.490 e. The first-order chi connectivity index (χ1) is 10.1. The molecule has 0 N–H and O–H groups in total. The van der Waals surface area contributed by atoms with Crippen molar-refractivity contribution in [3.63, 3.8) is 0 Å². The van der Waals surface area contributed by atoms with E-state index >= 15 is 0 Å². The number of benzene rings is 1. The van der Waals surface area contributed by atoms with Gasteiger partial charge in [0.25, 0.3) is 0 Å². The second-order valence-corrected chi connectivity index (χ2v) is 5.46. The van der Waals surface area contributed by atoms with E-state index in [1.54, 1.807) is 17.0 Å². The molecule has 0 saturated carbocycles.